The van der Waals surface area contributed by atoms with Crippen LogP contribution in [0.3, 0.4) is 0 Å². The summed E-state index contributed by atoms with van der Waals surface area (Å²) < 4.78 is 7.38. The number of amides is 1. The van der Waals surface area contributed by atoms with Crippen LogP contribution in [0.15, 0.2) is 48.8 Å². The number of ether oxygens (including phenoxy) is 1. The molecule has 1 aromatic carbocycles. The summed E-state index contributed by atoms with van der Waals surface area (Å²) in [5, 5.41) is 0. The van der Waals surface area contributed by atoms with Crippen molar-refractivity contribution in [1.29, 1.82) is 0 Å². The van der Waals surface area contributed by atoms with E-state index in [9.17, 15) is 4.79 Å². The van der Waals surface area contributed by atoms with Gasteiger partial charge in [0.2, 0.25) is 5.88 Å². The molecule has 4 rings (SSSR count). The predicted molar refractivity (Wildman–Crippen MR) is 116 cm³/mol. The van der Waals surface area contributed by atoms with Gasteiger partial charge in [-0.05, 0) is 25.5 Å². The number of rotatable bonds is 5. The molecule has 0 aliphatic carbocycles. The van der Waals surface area contributed by atoms with Gasteiger partial charge in [0.1, 0.15) is 0 Å². The zero-order valence-corrected chi connectivity index (χ0v) is 17.7. The van der Waals surface area contributed by atoms with Crippen LogP contribution in [0.2, 0.25) is 0 Å². The fraction of sp³-hybridized carbons (Fsp3) is 0.348. The number of anilines is 1. The molecule has 1 amide bonds. The summed E-state index contributed by atoms with van der Waals surface area (Å²) in [6, 6.07) is 12.3. The molecule has 0 N–H and O–H groups in total. The van der Waals surface area contributed by atoms with E-state index in [1.165, 1.54) is 5.56 Å². The molecule has 0 radical (unpaired) electrons. The van der Waals surface area contributed by atoms with Crippen LogP contribution in [0.1, 0.15) is 27.3 Å². The number of benzene rings is 1. The maximum Gasteiger partial charge on any atom is 0.255 e. The van der Waals surface area contributed by atoms with Gasteiger partial charge in [-0.25, -0.2) is 0 Å². The van der Waals surface area contributed by atoms with Crippen LogP contribution in [0.5, 0.6) is 5.88 Å². The largest absolute Gasteiger partial charge is 0.480 e. The number of aryl methyl sites for hydroxylation is 1. The van der Waals surface area contributed by atoms with E-state index in [2.05, 4.69) is 38.5 Å². The first-order valence-electron chi connectivity index (χ1n) is 10.2. The molecular weight excluding hydrogens is 378 g/mol. The lowest BCUT2D eigenvalue weighted by molar-refractivity contribution is 0.0745. The van der Waals surface area contributed by atoms with Crippen molar-refractivity contribution in [1.82, 2.24) is 19.4 Å². The number of hydrogen-bond donors (Lipinski definition) is 0. The van der Waals surface area contributed by atoms with Crippen molar-refractivity contribution in [2.75, 3.05) is 38.2 Å². The number of hydrogen-bond acceptors (Lipinski definition) is 5. The number of piperazine rings is 1. The van der Waals surface area contributed by atoms with Crippen LogP contribution in [0, 0.1) is 13.8 Å². The Morgan fingerprint density at radius 2 is 1.80 bits per heavy atom. The minimum atomic E-state index is 0.0961. The normalized spacial score (nSPS) is 14.1. The lowest BCUT2D eigenvalue weighted by Crippen LogP contribution is -2.49. The summed E-state index contributed by atoms with van der Waals surface area (Å²) in [6.45, 7) is 7.61. The van der Waals surface area contributed by atoms with Crippen molar-refractivity contribution in [3.63, 3.8) is 0 Å². The van der Waals surface area contributed by atoms with Crippen molar-refractivity contribution in [3.8, 4) is 5.88 Å². The Labute approximate surface area is 176 Å². The molecule has 3 heterocycles. The number of carbonyl (C=O) groups is 1. The highest BCUT2D eigenvalue weighted by Crippen LogP contribution is 2.21. The van der Waals surface area contributed by atoms with Crippen LogP contribution < -0.4 is 9.64 Å². The Balaban J connectivity index is 1.45. The molecule has 1 aliphatic heterocycles. The molecule has 7 heteroatoms. The smallest absolute Gasteiger partial charge is 0.255 e. The molecule has 7 nitrogen and oxygen atoms in total. The zero-order chi connectivity index (χ0) is 21.1. The Bertz CT molecular complexity index is 1020. The molecule has 1 aliphatic rings. The van der Waals surface area contributed by atoms with Crippen LogP contribution in [0.4, 0.5) is 5.82 Å². The van der Waals surface area contributed by atoms with Gasteiger partial charge in [-0.2, -0.15) is 4.98 Å². The Morgan fingerprint density at radius 3 is 2.50 bits per heavy atom. The van der Waals surface area contributed by atoms with Crippen LogP contribution in [-0.2, 0) is 6.54 Å². The van der Waals surface area contributed by atoms with Gasteiger partial charge in [0, 0.05) is 44.1 Å². The summed E-state index contributed by atoms with van der Waals surface area (Å²) in [6.07, 6.45) is 3.33. The van der Waals surface area contributed by atoms with E-state index >= 15 is 0 Å². The zero-order valence-electron chi connectivity index (χ0n) is 17.7. The van der Waals surface area contributed by atoms with Gasteiger partial charge in [0.05, 0.1) is 25.1 Å². The highest BCUT2D eigenvalue weighted by Gasteiger charge is 2.26. The highest BCUT2D eigenvalue weighted by atomic mass is 16.5. The lowest BCUT2D eigenvalue weighted by Gasteiger charge is -2.35. The van der Waals surface area contributed by atoms with Gasteiger partial charge < -0.3 is 19.1 Å². The first kappa shape index (κ1) is 19.9. The maximum absolute atomic E-state index is 13.2. The topological polar surface area (TPSA) is 63.5 Å². The van der Waals surface area contributed by atoms with E-state index < -0.39 is 0 Å². The number of aromatic nitrogens is 3. The fourth-order valence-electron chi connectivity index (χ4n) is 3.92. The Morgan fingerprint density at radius 1 is 1.07 bits per heavy atom. The van der Waals surface area contributed by atoms with Crippen molar-refractivity contribution >= 4 is 11.7 Å². The lowest BCUT2D eigenvalue weighted by atomic mass is 10.2. The van der Waals surface area contributed by atoms with Gasteiger partial charge in [-0.3, -0.25) is 9.78 Å². The van der Waals surface area contributed by atoms with Gasteiger partial charge in [-0.1, -0.05) is 30.3 Å². The Hall–Kier alpha value is -3.35. The fourth-order valence-corrected chi connectivity index (χ4v) is 3.92. The average Bonchev–Trinajstić information content (AvgIpc) is 3.07. The molecule has 0 unspecified atom stereocenters. The van der Waals surface area contributed by atoms with E-state index in [-0.39, 0.29) is 5.91 Å². The number of methoxy groups -OCH3 is 1. The number of nitrogens with zero attached hydrogens (tertiary/aromatic N) is 5. The highest BCUT2D eigenvalue weighted by molar-refractivity contribution is 5.96. The van der Waals surface area contributed by atoms with Gasteiger partial charge >= 0.3 is 0 Å². The second-order valence-electron chi connectivity index (χ2n) is 7.56. The van der Waals surface area contributed by atoms with E-state index in [4.69, 9.17) is 4.74 Å². The van der Waals surface area contributed by atoms with Gasteiger partial charge in [0.15, 0.2) is 5.82 Å². The maximum atomic E-state index is 13.2. The number of carbonyl (C=O) groups excluding carboxylic acids is 1. The third-order valence-electron chi connectivity index (χ3n) is 5.69. The summed E-state index contributed by atoms with van der Waals surface area (Å²) >= 11 is 0. The van der Waals surface area contributed by atoms with Crippen LogP contribution in [-0.4, -0.2) is 58.6 Å². The van der Waals surface area contributed by atoms with Crippen molar-refractivity contribution in [2.45, 2.75) is 20.4 Å². The minimum Gasteiger partial charge on any atom is -0.480 e. The predicted octanol–water partition coefficient (Wildman–Crippen LogP) is 2.91. The second-order valence-corrected chi connectivity index (χ2v) is 7.56. The van der Waals surface area contributed by atoms with Gasteiger partial charge in [-0.15, -0.1) is 0 Å². The van der Waals surface area contributed by atoms with Crippen molar-refractivity contribution < 1.29 is 9.53 Å². The molecule has 30 heavy (non-hydrogen) atoms. The first-order chi connectivity index (χ1) is 14.6. The molecule has 156 valence electrons. The molecule has 3 aromatic rings. The molecule has 1 fully saturated rings. The molecule has 1 saturated heterocycles. The SMILES string of the molecule is COc1cncc(N2CCN(C(=O)c3cc(C)n(Cc4ccccc4)c3C)CC2)n1. The van der Waals surface area contributed by atoms with Crippen molar-refractivity contribution in [3.05, 3.63) is 71.3 Å². The first-order valence-corrected chi connectivity index (χ1v) is 10.2. The van der Waals surface area contributed by atoms with Crippen molar-refractivity contribution in [2.24, 2.45) is 0 Å². The van der Waals surface area contributed by atoms with E-state index in [1.807, 2.05) is 36.1 Å². The summed E-state index contributed by atoms with van der Waals surface area (Å²) in [5.41, 5.74) is 4.14. The molecule has 0 saturated carbocycles. The standard InChI is InChI=1S/C23H27N5O2/c1-17-13-20(18(2)28(17)16-19-7-5-4-6-8-19)23(29)27-11-9-26(10-12-27)21-14-24-15-22(25-21)30-3/h4-8,13-15H,9-12,16H2,1-3H3. The van der Waals surface area contributed by atoms with Crippen LogP contribution >= 0.6 is 0 Å². The van der Waals surface area contributed by atoms with Gasteiger partial charge in [0.25, 0.3) is 5.91 Å². The third-order valence-corrected chi connectivity index (χ3v) is 5.69. The molecule has 0 bridgehead atoms. The minimum absolute atomic E-state index is 0.0961. The molecule has 2 aromatic heterocycles. The Kier molecular flexibility index (Phi) is 5.70. The summed E-state index contributed by atoms with van der Waals surface area (Å²) in [4.78, 5) is 25.9. The molecule has 0 spiro atoms. The monoisotopic (exact) mass is 405 g/mol. The summed E-state index contributed by atoms with van der Waals surface area (Å²) in [5.74, 6) is 1.37. The van der Waals surface area contributed by atoms with Crippen LogP contribution in [0.25, 0.3) is 0 Å². The third kappa shape index (κ3) is 4.01. The van der Waals surface area contributed by atoms with E-state index in [0.29, 0.717) is 19.0 Å². The molecular formula is C23H27N5O2. The average molecular weight is 406 g/mol. The molecule has 0 atom stereocenters. The quantitative estimate of drug-likeness (QED) is 0.653. The summed E-state index contributed by atoms with van der Waals surface area (Å²) in [7, 11) is 1.58. The van der Waals surface area contributed by atoms with E-state index in [0.717, 1.165) is 42.4 Å². The second kappa shape index (κ2) is 8.57. The van der Waals surface area contributed by atoms with E-state index in [1.54, 1.807) is 19.5 Å².